The minimum atomic E-state index is 0.0540. The number of nitrogens with zero attached hydrogens (tertiary/aromatic N) is 5. The smallest absolute Gasteiger partial charge is 0.270 e. The standard InChI is InChI=1S/C25H26N6O2/c1-30-22-13-20(33-2)7-5-17(22)12-23(30)25(32)31-11-3-4-18(16-31)21-8-6-19(14-28-21)29-24-15-26-9-10-27-24/h5-10,12-15,18H,3-4,11,16H2,1-2H3,(H,27,29)/t18-/m0/s1. The third-order valence-electron chi connectivity index (χ3n) is 6.22. The average Bonchev–Trinajstić information content (AvgIpc) is 3.20. The molecule has 4 aromatic rings. The van der Waals surface area contributed by atoms with Crippen LogP contribution in [0.3, 0.4) is 0 Å². The van der Waals surface area contributed by atoms with Crippen molar-refractivity contribution in [1.29, 1.82) is 0 Å². The molecule has 0 spiro atoms. The second-order valence-corrected chi connectivity index (χ2v) is 8.29. The van der Waals surface area contributed by atoms with E-state index >= 15 is 0 Å². The molecule has 0 bridgehead atoms. The monoisotopic (exact) mass is 442 g/mol. The van der Waals surface area contributed by atoms with Crippen LogP contribution in [0.2, 0.25) is 0 Å². The van der Waals surface area contributed by atoms with Gasteiger partial charge in [0.1, 0.15) is 17.3 Å². The summed E-state index contributed by atoms with van der Waals surface area (Å²) in [5.74, 6) is 1.72. The Balaban J connectivity index is 1.31. The first-order chi connectivity index (χ1) is 16.1. The Morgan fingerprint density at radius 2 is 2.03 bits per heavy atom. The zero-order valence-electron chi connectivity index (χ0n) is 18.7. The quantitative estimate of drug-likeness (QED) is 0.500. The van der Waals surface area contributed by atoms with Gasteiger partial charge in [0.15, 0.2) is 0 Å². The van der Waals surface area contributed by atoms with Crippen molar-refractivity contribution in [3.05, 3.63) is 72.6 Å². The number of hydrogen-bond acceptors (Lipinski definition) is 6. The van der Waals surface area contributed by atoms with E-state index < -0.39 is 0 Å². The van der Waals surface area contributed by atoms with Crippen LogP contribution in [-0.4, -0.2) is 50.5 Å². The summed E-state index contributed by atoms with van der Waals surface area (Å²) in [6.45, 7) is 1.42. The summed E-state index contributed by atoms with van der Waals surface area (Å²) in [5, 5.41) is 4.23. The lowest BCUT2D eigenvalue weighted by atomic mass is 9.94. The van der Waals surface area contributed by atoms with Gasteiger partial charge in [-0.05, 0) is 43.2 Å². The Hall–Kier alpha value is -3.94. The van der Waals surface area contributed by atoms with Crippen molar-refractivity contribution in [2.45, 2.75) is 18.8 Å². The number of carbonyl (C=O) groups is 1. The third-order valence-corrected chi connectivity index (χ3v) is 6.22. The van der Waals surface area contributed by atoms with Crippen LogP contribution >= 0.6 is 0 Å². The van der Waals surface area contributed by atoms with Crippen LogP contribution in [0.4, 0.5) is 11.5 Å². The van der Waals surface area contributed by atoms with Crippen molar-refractivity contribution in [2.75, 3.05) is 25.5 Å². The van der Waals surface area contributed by atoms with E-state index in [1.807, 2.05) is 59.1 Å². The molecule has 0 saturated carbocycles. The van der Waals surface area contributed by atoms with Crippen molar-refractivity contribution in [1.82, 2.24) is 24.4 Å². The van der Waals surface area contributed by atoms with Crippen LogP contribution in [0, 0.1) is 0 Å². The number of aryl methyl sites for hydroxylation is 1. The van der Waals surface area contributed by atoms with Crippen LogP contribution < -0.4 is 10.1 Å². The van der Waals surface area contributed by atoms with Gasteiger partial charge in [-0.1, -0.05) is 0 Å². The summed E-state index contributed by atoms with van der Waals surface area (Å²) in [6, 6.07) is 11.9. The number of rotatable bonds is 5. The molecular formula is C25H26N6O2. The SMILES string of the molecule is COc1ccc2cc(C(=O)N3CCC[C@H](c4ccc(Nc5cnccn5)cn4)C3)n(C)c2c1. The summed E-state index contributed by atoms with van der Waals surface area (Å²) < 4.78 is 7.29. The summed E-state index contributed by atoms with van der Waals surface area (Å²) in [4.78, 5) is 28.3. The van der Waals surface area contributed by atoms with Gasteiger partial charge in [0.2, 0.25) is 0 Å². The molecule has 0 aliphatic carbocycles. The second kappa shape index (κ2) is 8.90. The fourth-order valence-electron chi connectivity index (χ4n) is 4.44. The number of benzene rings is 1. The predicted molar refractivity (Wildman–Crippen MR) is 127 cm³/mol. The molecule has 1 saturated heterocycles. The Kier molecular flexibility index (Phi) is 5.64. The number of amides is 1. The molecule has 4 heterocycles. The maximum absolute atomic E-state index is 13.4. The van der Waals surface area contributed by atoms with Crippen molar-refractivity contribution in [2.24, 2.45) is 7.05 Å². The molecule has 1 amide bonds. The minimum absolute atomic E-state index is 0.0540. The Labute approximate surface area is 192 Å². The fraction of sp³-hybridized carbons (Fsp3) is 0.280. The maximum atomic E-state index is 13.4. The molecule has 1 aromatic carbocycles. The Morgan fingerprint density at radius 3 is 2.79 bits per heavy atom. The van der Waals surface area contributed by atoms with E-state index in [0.717, 1.165) is 47.4 Å². The number of anilines is 2. The van der Waals surface area contributed by atoms with Crippen molar-refractivity contribution < 1.29 is 9.53 Å². The number of hydrogen-bond donors (Lipinski definition) is 1. The van der Waals surface area contributed by atoms with E-state index in [1.165, 1.54) is 0 Å². The van der Waals surface area contributed by atoms with Crippen LogP contribution in [0.1, 0.15) is 34.9 Å². The van der Waals surface area contributed by atoms with Crippen LogP contribution in [-0.2, 0) is 7.05 Å². The molecule has 1 fully saturated rings. The summed E-state index contributed by atoms with van der Waals surface area (Å²) >= 11 is 0. The van der Waals surface area contributed by atoms with Gasteiger partial charge in [-0.25, -0.2) is 4.98 Å². The van der Waals surface area contributed by atoms with Gasteiger partial charge < -0.3 is 19.5 Å². The Bertz CT molecular complexity index is 1270. The number of methoxy groups -OCH3 is 1. The molecule has 168 valence electrons. The summed E-state index contributed by atoms with van der Waals surface area (Å²) in [7, 11) is 3.58. The zero-order valence-corrected chi connectivity index (χ0v) is 18.7. The van der Waals surface area contributed by atoms with Crippen molar-refractivity contribution >= 4 is 28.3 Å². The maximum Gasteiger partial charge on any atom is 0.270 e. The molecule has 1 atom stereocenters. The topological polar surface area (TPSA) is 85.2 Å². The van der Waals surface area contributed by atoms with Crippen molar-refractivity contribution in [3.63, 3.8) is 0 Å². The largest absolute Gasteiger partial charge is 0.497 e. The van der Waals surface area contributed by atoms with E-state index in [1.54, 1.807) is 25.7 Å². The molecule has 1 N–H and O–H groups in total. The molecular weight excluding hydrogens is 416 g/mol. The lowest BCUT2D eigenvalue weighted by Crippen LogP contribution is -2.40. The molecule has 33 heavy (non-hydrogen) atoms. The fourth-order valence-corrected chi connectivity index (χ4v) is 4.44. The highest BCUT2D eigenvalue weighted by Gasteiger charge is 2.28. The van der Waals surface area contributed by atoms with Gasteiger partial charge >= 0.3 is 0 Å². The van der Waals surface area contributed by atoms with Gasteiger partial charge in [0, 0.05) is 55.6 Å². The second-order valence-electron chi connectivity index (χ2n) is 8.29. The molecule has 1 aliphatic heterocycles. The highest BCUT2D eigenvalue weighted by Crippen LogP contribution is 2.29. The molecule has 5 rings (SSSR count). The molecule has 1 aliphatic rings. The highest BCUT2D eigenvalue weighted by molar-refractivity contribution is 5.99. The predicted octanol–water partition coefficient (Wildman–Crippen LogP) is 4.14. The molecule has 0 unspecified atom stereocenters. The van der Waals surface area contributed by atoms with Crippen molar-refractivity contribution in [3.8, 4) is 5.75 Å². The molecule has 0 radical (unpaired) electrons. The van der Waals surface area contributed by atoms with Gasteiger partial charge in [0.05, 0.1) is 30.7 Å². The number of ether oxygens (including phenoxy) is 1. The first-order valence-electron chi connectivity index (χ1n) is 11.0. The average molecular weight is 443 g/mol. The van der Waals surface area contributed by atoms with E-state index in [4.69, 9.17) is 4.74 Å². The van der Waals surface area contributed by atoms with E-state index in [2.05, 4.69) is 20.3 Å². The normalized spacial score (nSPS) is 16.1. The summed E-state index contributed by atoms with van der Waals surface area (Å²) in [5.41, 5.74) is 3.53. The number of piperidine rings is 1. The van der Waals surface area contributed by atoms with E-state index in [0.29, 0.717) is 18.1 Å². The first-order valence-corrected chi connectivity index (χ1v) is 11.0. The Morgan fingerprint density at radius 1 is 1.12 bits per heavy atom. The number of aromatic nitrogens is 4. The molecule has 3 aromatic heterocycles. The summed E-state index contributed by atoms with van der Waals surface area (Å²) in [6.07, 6.45) is 8.72. The van der Waals surface area contributed by atoms with Crippen LogP contribution in [0.5, 0.6) is 5.75 Å². The van der Waals surface area contributed by atoms with Gasteiger partial charge in [-0.2, -0.15) is 0 Å². The number of fused-ring (bicyclic) bond motifs is 1. The van der Waals surface area contributed by atoms with Gasteiger partial charge in [-0.3, -0.25) is 14.8 Å². The first kappa shape index (κ1) is 20.9. The van der Waals surface area contributed by atoms with E-state index in [-0.39, 0.29) is 11.8 Å². The highest BCUT2D eigenvalue weighted by atomic mass is 16.5. The van der Waals surface area contributed by atoms with Gasteiger partial charge in [-0.15, -0.1) is 0 Å². The molecule has 8 nitrogen and oxygen atoms in total. The number of pyridine rings is 1. The molecule has 8 heteroatoms. The number of likely N-dealkylation sites (tertiary alicyclic amines) is 1. The lowest BCUT2D eigenvalue weighted by molar-refractivity contribution is 0.0696. The number of nitrogens with one attached hydrogen (secondary N) is 1. The van der Waals surface area contributed by atoms with E-state index in [9.17, 15) is 4.79 Å². The minimum Gasteiger partial charge on any atom is -0.497 e. The van der Waals surface area contributed by atoms with Crippen LogP contribution in [0.25, 0.3) is 10.9 Å². The van der Waals surface area contributed by atoms with Crippen LogP contribution in [0.15, 0.2) is 61.2 Å². The number of carbonyl (C=O) groups excluding carboxylic acids is 1. The third kappa shape index (κ3) is 4.24. The van der Waals surface area contributed by atoms with Gasteiger partial charge in [0.25, 0.3) is 5.91 Å². The lowest BCUT2D eigenvalue weighted by Gasteiger charge is -2.32. The zero-order chi connectivity index (χ0) is 22.8.